The van der Waals surface area contributed by atoms with Crippen molar-refractivity contribution in [2.75, 3.05) is 0 Å². The van der Waals surface area contributed by atoms with E-state index in [2.05, 4.69) is 22.9 Å². The van der Waals surface area contributed by atoms with Gasteiger partial charge in [-0.05, 0) is 66.9 Å². The first kappa shape index (κ1) is 20.2. The second-order valence-corrected chi connectivity index (χ2v) is 9.47. The number of hydrogen-bond acceptors (Lipinski definition) is 4. The predicted octanol–water partition coefficient (Wildman–Crippen LogP) is 6.34. The lowest BCUT2D eigenvalue weighted by Crippen LogP contribution is -2.44. The molecule has 1 saturated carbocycles. The average molecular weight is 471 g/mol. The number of rotatable bonds is 3. The van der Waals surface area contributed by atoms with E-state index in [1.54, 1.807) is 18.2 Å². The second-order valence-electron chi connectivity index (χ2n) is 7.55. The van der Waals surface area contributed by atoms with Gasteiger partial charge < -0.3 is 5.11 Å². The smallest absolute Gasteiger partial charge is 0.267 e. The average Bonchev–Trinajstić information content (AvgIpc) is 3.01. The summed E-state index contributed by atoms with van der Waals surface area (Å²) in [6.45, 7) is 2.23. The Bertz CT molecular complexity index is 974. The summed E-state index contributed by atoms with van der Waals surface area (Å²) in [6.07, 6.45) is 6.24. The molecule has 2 aromatic rings. The molecule has 6 heteroatoms. The summed E-state index contributed by atoms with van der Waals surface area (Å²) in [5.74, 6) is 0.566. The molecule has 1 heterocycles. The number of para-hydroxylation sites is 1. The Kier molecular flexibility index (Phi) is 6.11. The largest absolute Gasteiger partial charge is 0.507 e. The summed E-state index contributed by atoms with van der Waals surface area (Å²) in [6, 6.07) is 15.1. The maximum absolute atomic E-state index is 13.4. The van der Waals surface area contributed by atoms with Gasteiger partial charge >= 0.3 is 0 Å². The van der Waals surface area contributed by atoms with E-state index in [1.807, 2.05) is 41.3 Å². The molecule has 2 atom stereocenters. The summed E-state index contributed by atoms with van der Waals surface area (Å²) in [7, 11) is 0. The van der Waals surface area contributed by atoms with Crippen LogP contribution in [-0.4, -0.2) is 27.1 Å². The molecule has 1 aliphatic carbocycles. The van der Waals surface area contributed by atoms with E-state index in [9.17, 15) is 9.90 Å². The number of phenolic OH excluding ortho intramolecular Hbond substituents is 1. The fraction of sp³-hybridized carbons (Fsp3) is 0.304. The summed E-state index contributed by atoms with van der Waals surface area (Å²) in [5, 5.41) is 10.9. The van der Waals surface area contributed by atoms with E-state index in [1.165, 1.54) is 18.2 Å². The molecule has 150 valence electrons. The first-order valence-electron chi connectivity index (χ1n) is 9.88. The summed E-state index contributed by atoms with van der Waals surface area (Å²) in [5.41, 5.74) is 1.45. The number of thioether (sulfide) groups is 1. The normalized spacial score (nSPS) is 25.2. The number of hydrogen-bond donors (Lipinski definition) is 1. The van der Waals surface area contributed by atoms with Crippen molar-refractivity contribution in [3.8, 4) is 5.75 Å². The number of carbonyl (C=O) groups excluding carboxylic acids is 1. The van der Waals surface area contributed by atoms with E-state index in [4.69, 9.17) is 4.99 Å². The van der Waals surface area contributed by atoms with Crippen LogP contribution in [-0.2, 0) is 4.79 Å². The Hall–Kier alpha value is -2.05. The van der Waals surface area contributed by atoms with E-state index in [0.29, 0.717) is 16.4 Å². The molecule has 0 unspecified atom stereocenters. The fourth-order valence-electron chi connectivity index (χ4n) is 3.93. The number of amidine groups is 1. The first-order chi connectivity index (χ1) is 14.0. The van der Waals surface area contributed by atoms with Crippen molar-refractivity contribution in [2.24, 2.45) is 10.9 Å². The lowest BCUT2D eigenvalue weighted by molar-refractivity contribution is -0.124. The van der Waals surface area contributed by atoms with Gasteiger partial charge in [-0.25, -0.2) is 4.99 Å². The van der Waals surface area contributed by atoms with Crippen LogP contribution in [0.2, 0.25) is 0 Å². The van der Waals surface area contributed by atoms with Crippen LogP contribution in [0.1, 0.15) is 38.2 Å². The lowest BCUT2D eigenvalue weighted by atomic mass is 9.85. The molecule has 2 aromatic carbocycles. The Labute approximate surface area is 183 Å². The standard InChI is InChI=1S/C23H23BrN2O2S/c1-15-7-5-6-10-19(15)26-22(28)21(14-16-13-17(24)11-12-20(16)27)29-23(26)25-18-8-3-2-4-9-18/h2-4,8-9,11-15,19,27H,5-7,10H2,1H3/b21-14-,25-23?/t15-,19-/m1/s1. The molecule has 2 aliphatic rings. The molecule has 0 aromatic heterocycles. The number of halogens is 1. The number of nitrogens with zero attached hydrogens (tertiary/aromatic N) is 2. The highest BCUT2D eigenvalue weighted by atomic mass is 79.9. The third kappa shape index (κ3) is 4.43. The predicted molar refractivity (Wildman–Crippen MR) is 123 cm³/mol. The van der Waals surface area contributed by atoms with E-state index in [-0.39, 0.29) is 17.7 Å². The Morgan fingerprint density at radius 3 is 2.69 bits per heavy atom. The van der Waals surface area contributed by atoms with Gasteiger partial charge in [0.25, 0.3) is 5.91 Å². The molecule has 4 nitrogen and oxygen atoms in total. The molecule has 29 heavy (non-hydrogen) atoms. The highest BCUT2D eigenvalue weighted by molar-refractivity contribution is 9.10. The molecule has 1 amide bonds. The number of aromatic hydroxyl groups is 1. The zero-order valence-electron chi connectivity index (χ0n) is 16.2. The molecule has 1 saturated heterocycles. The molecular formula is C23H23BrN2O2S. The van der Waals surface area contributed by atoms with Crippen LogP contribution in [0.4, 0.5) is 5.69 Å². The van der Waals surface area contributed by atoms with Crippen molar-refractivity contribution >= 4 is 50.5 Å². The Morgan fingerprint density at radius 2 is 1.93 bits per heavy atom. The third-order valence-electron chi connectivity index (χ3n) is 5.49. The van der Waals surface area contributed by atoms with Crippen LogP contribution in [0, 0.1) is 5.92 Å². The number of benzene rings is 2. The Balaban J connectivity index is 1.74. The van der Waals surface area contributed by atoms with Crippen LogP contribution >= 0.6 is 27.7 Å². The molecular weight excluding hydrogens is 448 g/mol. The van der Waals surface area contributed by atoms with Crippen molar-refractivity contribution in [3.05, 3.63) is 63.5 Å². The van der Waals surface area contributed by atoms with E-state index in [0.717, 1.165) is 34.6 Å². The van der Waals surface area contributed by atoms with E-state index >= 15 is 0 Å². The van der Waals surface area contributed by atoms with Gasteiger partial charge in [0.15, 0.2) is 5.17 Å². The number of carbonyl (C=O) groups is 1. The van der Waals surface area contributed by atoms with Gasteiger partial charge in [-0.2, -0.15) is 0 Å². The van der Waals surface area contributed by atoms with Crippen molar-refractivity contribution in [1.82, 2.24) is 4.90 Å². The molecule has 4 rings (SSSR count). The summed E-state index contributed by atoms with van der Waals surface area (Å²) in [4.78, 5) is 20.7. The molecule has 0 spiro atoms. The quantitative estimate of drug-likeness (QED) is 0.532. The van der Waals surface area contributed by atoms with Crippen molar-refractivity contribution in [3.63, 3.8) is 0 Å². The SMILES string of the molecule is C[C@@H]1CCCC[C@H]1N1C(=O)/C(=C/c2cc(Br)ccc2O)SC1=Nc1ccccc1. The van der Waals surface area contributed by atoms with Crippen molar-refractivity contribution < 1.29 is 9.90 Å². The van der Waals surface area contributed by atoms with Gasteiger partial charge in [0, 0.05) is 16.1 Å². The summed E-state index contributed by atoms with van der Waals surface area (Å²) < 4.78 is 0.855. The van der Waals surface area contributed by atoms with Gasteiger partial charge in [0.05, 0.1) is 10.6 Å². The molecule has 0 radical (unpaired) electrons. The van der Waals surface area contributed by atoms with Gasteiger partial charge in [-0.1, -0.05) is 53.9 Å². The van der Waals surface area contributed by atoms with Gasteiger partial charge in [0.2, 0.25) is 0 Å². The van der Waals surface area contributed by atoms with Crippen LogP contribution in [0.25, 0.3) is 6.08 Å². The van der Waals surface area contributed by atoms with Crippen LogP contribution in [0.3, 0.4) is 0 Å². The number of amides is 1. The molecule has 1 N–H and O–H groups in total. The van der Waals surface area contributed by atoms with Gasteiger partial charge in [0.1, 0.15) is 5.75 Å². The lowest BCUT2D eigenvalue weighted by Gasteiger charge is -2.35. The van der Waals surface area contributed by atoms with Crippen LogP contribution < -0.4 is 0 Å². The van der Waals surface area contributed by atoms with Crippen molar-refractivity contribution in [1.29, 1.82) is 0 Å². The zero-order chi connectivity index (χ0) is 20.4. The number of aliphatic imine (C=N–C) groups is 1. The fourth-order valence-corrected chi connectivity index (χ4v) is 5.35. The highest BCUT2D eigenvalue weighted by Crippen LogP contribution is 2.40. The highest BCUT2D eigenvalue weighted by Gasteiger charge is 2.41. The van der Waals surface area contributed by atoms with E-state index < -0.39 is 0 Å². The monoisotopic (exact) mass is 470 g/mol. The minimum atomic E-state index is -0.0252. The van der Waals surface area contributed by atoms with Gasteiger partial charge in [-0.15, -0.1) is 0 Å². The second kappa shape index (κ2) is 8.76. The maximum atomic E-state index is 13.4. The maximum Gasteiger partial charge on any atom is 0.267 e. The third-order valence-corrected chi connectivity index (χ3v) is 6.97. The first-order valence-corrected chi connectivity index (χ1v) is 11.5. The number of phenols is 1. The summed E-state index contributed by atoms with van der Waals surface area (Å²) >= 11 is 4.82. The molecule has 1 aliphatic heterocycles. The van der Waals surface area contributed by atoms with Crippen LogP contribution in [0.5, 0.6) is 5.75 Å². The van der Waals surface area contributed by atoms with Crippen LogP contribution in [0.15, 0.2) is 62.9 Å². The topological polar surface area (TPSA) is 52.9 Å². The van der Waals surface area contributed by atoms with Gasteiger partial charge in [-0.3, -0.25) is 9.69 Å². The zero-order valence-corrected chi connectivity index (χ0v) is 18.6. The minimum absolute atomic E-state index is 0.0252. The minimum Gasteiger partial charge on any atom is -0.507 e. The molecule has 2 fully saturated rings. The van der Waals surface area contributed by atoms with Crippen molar-refractivity contribution in [2.45, 2.75) is 38.6 Å². The molecule has 0 bridgehead atoms. The Morgan fingerprint density at radius 1 is 1.17 bits per heavy atom.